The third-order valence-electron chi connectivity index (χ3n) is 1.51. The number of carboxylic acids is 1. The second-order valence-corrected chi connectivity index (χ2v) is 2.36. The van der Waals surface area contributed by atoms with E-state index < -0.39 is 12.6 Å². The molecule has 0 spiro atoms. The van der Waals surface area contributed by atoms with E-state index in [1.807, 2.05) is 0 Å². The zero-order valence-electron chi connectivity index (χ0n) is 6.25. The number of carbonyl (C=O) groups is 1. The van der Waals surface area contributed by atoms with Crippen molar-refractivity contribution in [1.29, 1.82) is 0 Å². The Hall–Kier alpha value is -1.58. The quantitative estimate of drug-likeness (QED) is 0.658. The number of carboxylic acid groups (broad SMARTS) is 1. The zero-order chi connectivity index (χ0) is 9.14. The first-order chi connectivity index (χ1) is 5.65. The van der Waals surface area contributed by atoms with E-state index in [9.17, 15) is 9.18 Å². The van der Waals surface area contributed by atoms with E-state index in [-0.39, 0.29) is 11.1 Å². The summed E-state index contributed by atoms with van der Waals surface area (Å²) in [5, 5.41) is 8.60. The highest BCUT2D eigenvalue weighted by molar-refractivity contribution is 5.90. The molecule has 0 aliphatic rings. The lowest BCUT2D eigenvalue weighted by molar-refractivity contribution is 0.0695. The molecule has 0 saturated heterocycles. The van der Waals surface area contributed by atoms with Gasteiger partial charge in [-0.25, -0.2) is 9.18 Å². The van der Waals surface area contributed by atoms with Crippen LogP contribution in [0.1, 0.15) is 15.9 Å². The number of alkyl halides is 1. The van der Waals surface area contributed by atoms with E-state index in [4.69, 9.17) is 10.8 Å². The first kappa shape index (κ1) is 8.52. The molecule has 0 aliphatic heterocycles. The molecule has 64 valence electrons. The molecule has 1 aromatic rings. The molecule has 0 unspecified atom stereocenters. The molecule has 0 aromatic heterocycles. The lowest BCUT2D eigenvalue weighted by atomic mass is 10.1. The fourth-order valence-corrected chi connectivity index (χ4v) is 0.910. The van der Waals surface area contributed by atoms with Gasteiger partial charge in [0.1, 0.15) is 6.67 Å². The molecular weight excluding hydrogens is 161 g/mol. The van der Waals surface area contributed by atoms with Crippen LogP contribution in [-0.4, -0.2) is 11.1 Å². The molecule has 0 radical (unpaired) electrons. The van der Waals surface area contributed by atoms with Crippen molar-refractivity contribution in [2.24, 2.45) is 0 Å². The number of benzene rings is 1. The van der Waals surface area contributed by atoms with Crippen molar-refractivity contribution in [3.05, 3.63) is 29.3 Å². The van der Waals surface area contributed by atoms with Crippen molar-refractivity contribution in [3.63, 3.8) is 0 Å². The van der Waals surface area contributed by atoms with Crippen LogP contribution in [-0.2, 0) is 6.67 Å². The summed E-state index contributed by atoms with van der Waals surface area (Å²) in [6.45, 7) is -0.790. The lowest BCUT2D eigenvalue weighted by Gasteiger charge is -2.01. The minimum absolute atomic E-state index is 0.0718. The van der Waals surface area contributed by atoms with Gasteiger partial charge >= 0.3 is 5.97 Å². The van der Waals surface area contributed by atoms with Crippen LogP contribution < -0.4 is 5.73 Å². The number of halogens is 1. The molecule has 1 aromatic carbocycles. The summed E-state index contributed by atoms with van der Waals surface area (Å²) in [5.74, 6) is -1.16. The van der Waals surface area contributed by atoms with E-state index in [0.29, 0.717) is 5.69 Å². The molecular formula is C8H8FNO2. The standard InChI is InChI=1S/C8H8FNO2/c9-4-5-1-2-6(10)3-7(5)8(11)12/h1-3H,4,10H2,(H,11,12). The Balaban J connectivity index is 3.21. The molecule has 3 nitrogen and oxygen atoms in total. The number of anilines is 1. The van der Waals surface area contributed by atoms with E-state index in [2.05, 4.69) is 0 Å². The number of hydrogen-bond donors (Lipinski definition) is 2. The molecule has 0 fully saturated rings. The first-order valence-corrected chi connectivity index (χ1v) is 3.33. The Morgan fingerprint density at radius 2 is 2.25 bits per heavy atom. The van der Waals surface area contributed by atoms with Crippen molar-refractivity contribution >= 4 is 11.7 Å². The number of nitrogen functional groups attached to an aromatic ring is 1. The summed E-state index contributed by atoms with van der Waals surface area (Å²) in [6.07, 6.45) is 0. The van der Waals surface area contributed by atoms with Crippen LogP contribution in [0.4, 0.5) is 10.1 Å². The molecule has 0 heterocycles. The number of hydrogen-bond acceptors (Lipinski definition) is 2. The summed E-state index contributed by atoms with van der Waals surface area (Å²) in [7, 11) is 0. The van der Waals surface area contributed by atoms with Crippen LogP contribution in [0.3, 0.4) is 0 Å². The maximum Gasteiger partial charge on any atom is 0.336 e. The van der Waals surface area contributed by atoms with Crippen LogP contribution in [0.5, 0.6) is 0 Å². The largest absolute Gasteiger partial charge is 0.478 e. The summed E-state index contributed by atoms with van der Waals surface area (Å²) < 4.78 is 12.2. The zero-order valence-corrected chi connectivity index (χ0v) is 6.25. The van der Waals surface area contributed by atoms with Crippen molar-refractivity contribution < 1.29 is 14.3 Å². The average molecular weight is 169 g/mol. The van der Waals surface area contributed by atoms with Gasteiger partial charge in [0, 0.05) is 5.69 Å². The van der Waals surface area contributed by atoms with Gasteiger partial charge in [-0.3, -0.25) is 0 Å². The van der Waals surface area contributed by atoms with E-state index in [0.717, 1.165) is 0 Å². The fraction of sp³-hybridized carbons (Fsp3) is 0.125. The molecule has 0 aliphatic carbocycles. The smallest absolute Gasteiger partial charge is 0.336 e. The summed E-state index contributed by atoms with van der Waals surface area (Å²) in [4.78, 5) is 10.5. The van der Waals surface area contributed by atoms with Gasteiger partial charge in [-0.1, -0.05) is 6.07 Å². The van der Waals surface area contributed by atoms with Crippen molar-refractivity contribution in [3.8, 4) is 0 Å². The third-order valence-corrected chi connectivity index (χ3v) is 1.51. The summed E-state index contributed by atoms with van der Waals surface area (Å²) in [6, 6.07) is 4.09. The maximum absolute atomic E-state index is 12.2. The minimum Gasteiger partial charge on any atom is -0.478 e. The third kappa shape index (κ3) is 1.53. The fourth-order valence-electron chi connectivity index (χ4n) is 0.910. The summed E-state index contributed by atoms with van der Waals surface area (Å²) in [5.41, 5.74) is 5.74. The molecule has 12 heavy (non-hydrogen) atoms. The maximum atomic E-state index is 12.2. The minimum atomic E-state index is -1.16. The monoisotopic (exact) mass is 169 g/mol. The predicted octanol–water partition coefficient (Wildman–Crippen LogP) is 1.44. The van der Waals surface area contributed by atoms with Gasteiger partial charge in [0.2, 0.25) is 0 Å². The molecule has 4 heteroatoms. The van der Waals surface area contributed by atoms with Gasteiger partial charge in [-0.2, -0.15) is 0 Å². The normalized spacial score (nSPS) is 9.75. The Labute approximate surface area is 68.6 Å². The Kier molecular flexibility index (Phi) is 2.28. The highest BCUT2D eigenvalue weighted by Crippen LogP contribution is 2.14. The lowest BCUT2D eigenvalue weighted by Crippen LogP contribution is -2.02. The second-order valence-electron chi connectivity index (χ2n) is 2.36. The van der Waals surface area contributed by atoms with Gasteiger partial charge in [0.15, 0.2) is 0 Å². The van der Waals surface area contributed by atoms with Crippen molar-refractivity contribution in [1.82, 2.24) is 0 Å². The topological polar surface area (TPSA) is 63.3 Å². The molecule has 0 amide bonds. The van der Waals surface area contributed by atoms with Crippen LogP contribution >= 0.6 is 0 Å². The van der Waals surface area contributed by atoms with Crippen molar-refractivity contribution in [2.45, 2.75) is 6.67 Å². The molecule has 3 N–H and O–H groups in total. The second kappa shape index (κ2) is 3.21. The van der Waals surface area contributed by atoms with Crippen LogP contribution in [0.25, 0.3) is 0 Å². The van der Waals surface area contributed by atoms with E-state index in [1.165, 1.54) is 18.2 Å². The molecule has 0 atom stereocenters. The highest BCUT2D eigenvalue weighted by atomic mass is 19.1. The predicted molar refractivity (Wildman–Crippen MR) is 42.6 cm³/mol. The van der Waals surface area contributed by atoms with Gasteiger partial charge in [0.05, 0.1) is 5.56 Å². The van der Waals surface area contributed by atoms with Gasteiger partial charge in [-0.05, 0) is 17.7 Å². The number of rotatable bonds is 2. The van der Waals surface area contributed by atoms with Crippen LogP contribution in [0, 0.1) is 0 Å². The van der Waals surface area contributed by atoms with E-state index >= 15 is 0 Å². The number of aromatic carboxylic acids is 1. The van der Waals surface area contributed by atoms with E-state index in [1.54, 1.807) is 0 Å². The summed E-state index contributed by atoms with van der Waals surface area (Å²) >= 11 is 0. The van der Waals surface area contributed by atoms with Gasteiger partial charge in [0.25, 0.3) is 0 Å². The average Bonchev–Trinajstić information content (AvgIpc) is 2.04. The van der Waals surface area contributed by atoms with Gasteiger partial charge in [-0.15, -0.1) is 0 Å². The molecule has 0 bridgehead atoms. The Morgan fingerprint density at radius 3 is 2.75 bits per heavy atom. The molecule has 0 saturated carbocycles. The van der Waals surface area contributed by atoms with Crippen LogP contribution in [0.2, 0.25) is 0 Å². The van der Waals surface area contributed by atoms with Gasteiger partial charge < -0.3 is 10.8 Å². The molecule has 1 rings (SSSR count). The Morgan fingerprint density at radius 1 is 1.58 bits per heavy atom. The Bertz CT molecular complexity index is 312. The van der Waals surface area contributed by atoms with Crippen LogP contribution in [0.15, 0.2) is 18.2 Å². The first-order valence-electron chi connectivity index (χ1n) is 3.33. The highest BCUT2D eigenvalue weighted by Gasteiger charge is 2.09. The number of nitrogens with two attached hydrogens (primary N) is 1. The van der Waals surface area contributed by atoms with Crippen molar-refractivity contribution in [2.75, 3.05) is 5.73 Å². The SMILES string of the molecule is Nc1ccc(CF)c(C(=O)O)c1.